The molecule has 0 bridgehead atoms. The second-order valence-corrected chi connectivity index (χ2v) is 5.13. The minimum absolute atomic E-state index is 0.683. The summed E-state index contributed by atoms with van der Waals surface area (Å²) in [7, 11) is 0. The molecule has 0 amide bonds. The third kappa shape index (κ3) is 2.17. The van der Waals surface area contributed by atoms with Crippen LogP contribution in [0, 0.1) is 11.8 Å². The Kier molecular flexibility index (Phi) is 2.99. The highest BCUT2D eigenvalue weighted by Crippen LogP contribution is 2.41. The summed E-state index contributed by atoms with van der Waals surface area (Å²) in [5.41, 5.74) is 8.40. The number of nitrogen functional groups attached to an aromatic ring is 1. The SMILES string of the molecule is C[C@@H]1CC[C@@H](c2ccccc2N)[C@H](C)C1. The van der Waals surface area contributed by atoms with E-state index in [4.69, 9.17) is 5.73 Å². The van der Waals surface area contributed by atoms with Crippen molar-refractivity contribution in [1.82, 2.24) is 0 Å². The summed E-state index contributed by atoms with van der Waals surface area (Å²) < 4.78 is 0. The zero-order chi connectivity index (χ0) is 10.8. The predicted molar refractivity (Wildman–Crippen MR) is 65.8 cm³/mol. The fourth-order valence-corrected chi connectivity index (χ4v) is 2.98. The van der Waals surface area contributed by atoms with Gasteiger partial charge in [-0.25, -0.2) is 0 Å². The molecule has 1 heteroatoms. The third-order valence-corrected chi connectivity index (χ3v) is 3.83. The number of hydrogen-bond donors (Lipinski definition) is 1. The van der Waals surface area contributed by atoms with Gasteiger partial charge in [0.25, 0.3) is 0 Å². The van der Waals surface area contributed by atoms with Crippen molar-refractivity contribution in [3.8, 4) is 0 Å². The second-order valence-electron chi connectivity index (χ2n) is 5.13. The number of rotatable bonds is 1. The summed E-state index contributed by atoms with van der Waals surface area (Å²) in [6.07, 6.45) is 4.00. The molecule has 0 spiro atoms. The minimum Gasteiger partial charge on any atom is -0.398 e. The monoisotopic (exact) mass is 203 g/mol. The number of nitrogens with two attached hydrogens (primary N) is 1. The van der Waals surface area contributed by atoms with Crippen molar-refractivity contribution in [2.24, 2.45) is 11.8 Å². The lowest BCUT2D eigenvalue weighted by molar-refractivity contribution is 0.262. The molecule has 2 rings (SSSR count). The van der Waals surface area contributed by atoms with Crippen molar-refractivity contribution >= 4 is 5.69 Å². The number of para-hydroxylation sites is 1. The molecule has 0 heterocycles. The largest absolute Gasteiger partial charge is 0.398 e. The maximum absolute atomic E-state index is 6.05. The Bertz CT molecular complexity index is 332. The van der Waals surface area contributed by atoms with Gasteiger partial charge in [-0.15, -0.1) is 0 Å². The number of anilines is 1. The average Bonchev–Trinajstić information content (AvgIpc) is 2.20. The van der Waals surface area contributed by atoms with E-state index < -0.39 is 0 Å². The molecule has 15 heavy (non-hydrogen) atoms. The highest BCUT2D eigenvalue weighted by atomic mass is 14.6. The van der Waals surface area contributed by atoms with Crippen LogP contribution in [0.2, 0.25) is 0 Å². The summed E-state index contributed by atoms with van der Waals surface area (Å²) in [6, 6.07) is 8.36. The van der Waals surface area contributed by atoms with Gasteiger partial charge in [-0.1, -0.05) is 38.5 Å². The van der Waals surface area contributed by atoms with Gasteiger partial charge in [0.05, 0.1) is 0 Å². The maximum atomic E-state index is 6.05. The van der Waals surface area contributed by atoms with E-state index in [-0.39, 0.29) is 0 Å². The van der Waals surface area contributed by atoms with Crippen molar-refractivity contribution in [3.63, 3.8) is 0 Å². The molecule has 0 aromatic heterocycles. The van der Waals surface area contributed by atoms with Crippen LogP contribution in [0.3, 0.4) is 0 Å². The molecule has 1 aromatic carbocycles. The first-order chi connectivity index (χ1) is 7.18. The molecule has 1 saturated carbocycles. The van der Waals surface area contributed by atoms with Crippen LogP contribution in [-0.2, 0) is 0 Å². The highest BCUT2D eigenvalue weighted by Gasteiger charge is 2.27. The first kappa shape index (κ1) is 10.5. The summed E-state index contributed by atoms with van der Waals surface area (Å²) in [6.45, 7) is 4.73. The lowest BCUT2D eigenvalue weighted by Crippen LogP contribution is -2.20. The molecule has 0 aliphatic heterocycles. The molecule has 82 valence electrons. The molecule has 1 aromatic rings. The molecule has 1 nitrogen and oxygen atoms in total. The van der Waals surface area contributed by atoms with Crippen LogP contribution in [0.25, 0.3) is 0 Å². The van der Waals surface area contributed by atoms with Crippen molar-refractivity contribution in [2.45, 2.75) is 39.0 Å². The third-order valence-electron chi connectivity index (χ3n) is 3.83. The summed E-state index contributed by atoms with van der Waals surface area (Å²) in [4.78, 5) is 0. The standard InChI is InChI=1S/C14H21N/c1-10-7-8-12(11(2)9-10)13-5-3-4-6-14(13)15/h3-6,10-12H,7-9,15H2,1-2H3/t10-,11-,12-/m1/s1. The fourth-order valence-electron chi connectivity index (χ4n) is 2.98. The van der Waals surface area contributed by atoms with Crippen LogP contribution in [0.1, 0.15) is 44.6 Å². The Morgan fingerprint density at radius 2 is 1.87 bits per heavy atom. The molecule has 0 radical (unpaired) electrons. The van der Waals surface area contributed by atoms with Gasteiger partial charge in [0, 0.05) is 5.69 Å². The molecule has 1 aliphatic rings. The van der Waals surface area contributed by atoms with Crippen LogP contribution in [0.15, 0.2) is 24.3 Å². The molecular weight excluding hydrogens is 182 g/mol. The molecule has 1 fully saturated rings. The van der Waals surface area contributed by atoms with Crippen molar-refractivity contribution in [3.05, 3.63) is 29.8 Å². The molecule has 0 unspecified atom stereocenters. The quantitative estimate of drug-likeness (QED) is 0.690. The van der Waals surface area contributed by atoms with E-state index in [1.807, 2.05) is 12.1 Å². The van der Waals surface area contributed by atoms with E-state index in [9.17, 15) is 0 Å². The smallest absolute Gasteiger partial charge is 0.0349 e. The van der Waals surface area contributed by atoms with Crippen LogP contribution in [0.5, 0.6) is 0 Å². The van der Waals surface area contributed by atoms with Gasteiger partial charge < -0.3 is 5.73 Å². The first-order valence-corrected chi connectivity index (χ1v) is 6.03. The molecular formula is C14H21N. The topological polar surface area (TPSA) is 26.0 Å². The van der Waals surface area contributed by atoms with E-state index in [0.717, 1.165) is 17.5 Å². The van der Waals surface area contributed by atoms with Gasteiger partial charge in [0.15, 0.2) is 0 Å². The normalized spacial score (nSPS) is 31.5. The average molecular weight is 203 g/mol. The van der Waals surface area contributed by atoms with E-state index in [1.54, 1.807) is 0 Å². The van der Waals surface area contributed by atoms with Crippen LogP contribution in [-0.4, -0.2) is 0 Å². The Morgan fingerprint density at radius 1 is 1.13 bits per heavy atom. The number of hydrogen-bond acceptors (Lipinski definition) is 1. The Hall–Kier alpha value is -0.980. The van der Waals surface area contributed by atoms with Crippen molar-refractivity contribution in [1.29, 1.82) is 0 Å². The van der Waals surface area contributed by atoms with E-state index >= 15 is 0 Å². The first-order valence-electron chi connectivity index (χ1n) is 6.03. The summed E-state index contributed by atoms with van der Waals surface area (Å²) in [5.74, 6) is 2.35. The van der Waals surface area contributed by atoms with E-state index in [2.05, 4.69) is 26.0 Å². The van der Waals surface area contributed by atoms with Crippen molar-refractivity contribution < 1.29 is 0 Å². The van der Waals surface area contributed by atoms with Crippen LogP contribution < -0.4 is 5.73 Å². The van der Waals surface area contributed by atoms with Gasteiger partial charge in [-0.2, -0.15) is 0 Å². The van der Waals surface area contributed by atoms with E-state index in [0.29, 0.717) is 5.92 Å². The zero-order valence-electron chi connectivity index (χ0n) is 9.74. The van der Waals surface area contributed by atoms with Gasteiger partial charge >= 0.3 is 0 Å². The lowest BCUT2D eigenvalue weighted by Gasteiger charge is -2.33. The molecule has 0 saturated heterocycles. The fraction of sp³-hybridized carbons (Fsp3) is 0.571. The highest BCUT2D eigenvalue weighted by molar-refractivity contribution is 5.48. The van der Waals surface area contributed by atoms with Gasteiger partial charge in [0.1, 0.15) is 0 Å². The predicted octanol–water partition coefficient (Wildman–Crippen LogP) is 3.81. The minimum atomic E-state index is 0.683. The van der Waals surface area contributed by atoms with Gasteiger partial charge in [0.2, 0.25) is 0 Å². The van der Waals surface area contributed by atoms with Crippen LogP contribution >= 0.6 is 0 Å². The summed E-state index contributed by atoms with van der Waals surface area (Å²) >= 11 is 0. The Labute approximate surface area is 92.7 Å². The maximum Gasteiger partial charge on any atom is 0.0349 e. The van der Waals surface area contributed by atoms with Crippen LogP contribution in [0.4, 0.5) is 5.69 Å². The van der Waals surface area contributed by atoms with Crippen molar-refractivity contribution in [2.75, 3.05) is 5.73 Å². The molecule has 3 atom stereocenters. The Balaban J connectivity index is 2.20. The number of benzene rings is 1. The molecule has 1 aliphatic carbocycles. The molecule has 2 N–H and O–H groups in total. The lowest BCUT2D eigenvalue weighted by atomic mass is 9.72. The summed E-state index contributed by atoms with van der Waals surface area (Å²) in [5, 5.41) is 0. The Morgan fingerprint density at radius 3 is 2.53 bits per heavy atom. The van der Waals surface area contributed by atoms with Gasteiger partial charge in [-0.3, -0.25) is 0 Å². The zero-order valence-corrected chi connectivity index (χ0v) is 9.74. The second kappa shape index (κ2) is 4.26. The van der Waals surface area contributed by atoms with E-state index in [1.165, 1.54) is 24.8 Å². The van der Waals surface area contributed by atoms with Gasteiger partial charge in [-0.05, 0) is 42.2 Å².